The van der Waals surface area contributed by atoms with Gasteiger partial charge in [0, 0.05) is 45.3 Å². The minimum atomic E-state index is -3.35. The van der Waals surface area contributed by atoms with Gasteiger partial charge in [-0.1, -0.05) is 6.07 Å². The zero-order chi connectivity index (χ0) is 19.1. The maximum atomic E-state index is 12.5. The van der Waals surface area contributed by atoms with Crippen LogP contribution in [-0.4, -0.2) is 75.2 Å². The average Bonchev–Trinajstić information content (AvgIpc) is 3.21. The third-order valence-electron chi connectivity index (χ3n) is 5.23. The number of rotatable bonds is 8. The standard InChI is InChI=1S/C18H29N5O3S/c24-18(5-4-16-6-8-19-15-16)21-9-14-27(25,26)23-12-10-22(11-13-23)17-3-1-2-7-20-17/h1-3,7,16,19H,4-6,8-15H2,(H,21,24). The van der Waals surface area contributed by atoms with Gasteiger partial charge in [-0.3, -0.25) is 4.79 Å². The highest BCUT2D eigenvalue weighted by Gasteiger charge is 2.27. The highest BCUT2D eigenvalue weighted by Crippen LogP contribution is 2.15. The van der Waals surface area contributed by atoms with E-state index in [9.17, 15) is 13.2 Å². The minimum Gasteiger partial charge on any atom is -0.355 e. The van der Waals surface area contributed by atoms with Crippen LogP contribution in [0.2, 0.25) is 0 Å². The van der Waals surface area contributed by atoms with Gasteiger partial charge in [0.1, 0.15) is 5.82 Å². The summed E-state index contributed by atoms with van der Waals surface area (Å²) in [6.07, 6.45) is 4.19. The van der Waals surface area contributed by atoms with Gasteiger partial charge in [-0.15, -0.1) is 0 Å². The lowest BCUT2D eigenvalue weighted by molar-refractivity contribution is -0.121. The number of aromatic nitrogens is 1. The van der Waals surface area contributed by atoms with E-state index in [1.807, 2.05) is 18.2 Å². The van der Waals surface area contributed by atoms with Crippen molar-refractivity contribution in [2.24, 2.45) is 5.92 Å². The lowest BCUT2D eigenvalue weighted by Gasteiger charge is -2.34. The molecule has 0 radical (unpaired) electrons. The van der Waals surface area contributed by atoms with Gasteiger partial charge in [0.15, 0.2) is 0 Å². The summed E-state index contributed by atoms with van der Waals surface area (Å²) < 4.78 is 26.5. The Morgan fingerprint density at radius 3 is 2.74 bits per heavy atom. The Hall–Kier alpha value is -1.71. The quantitative estimate of drug-likeness (QED) is 0.645. The summed E-state index contributed by atoms with van der Waals surface area (Å²) in [5.41, 5.74) is 0. The number of piperazine rings is 1. The molecule has 1 aromatic heterocycles. The van der Waals surface area contributed by atoms with Crippen molar-refractivity contribution in [1.82, 2.24) is 19.9 Å². The molecule has 2 aliphatic rings. The summed E-state index contributed by atoms with van der Waals surface area (Å²) in [5, 5.41) is 6.04. The summed E-state index contributed by atoms with van der Waals surface area (Å²) in [7, 11) is -3.35. The Morgan fingerprint density at radius 2 is 2.07 bits per heavy atom. The van der Waals surface area contributed by atoms with Gasteiger partial charge in [0.2, 0.25) is 15.9 Å². The van der Waals surface area contributed by atoms with Crippen LogP contribution in [0.5, 0.6) is 0 Å². The number of nitrogens with one attached hydrogen (secondary N) is 2. The van der Waals surface area contributed by atoms with Gasteiger partial charge in [0.05, 0.1) is 5.75 Å². The first-order valence-corrected chi connectivity index (χ1v) is 11.3. The molecular formula is C18H29N5O3S. The van der Waals surface area contributed by atoms with Crippen LogP contribution in [0, 0.1) is 5.92 Å². The lowest BCUT2D eigenvalue weighted by Crippen LogP contribution is -2.50. The topological polar surface area (TPSA) is 94.6 Å². The van der Waals surface area contributed by atoms with Crippen LogP contribution in [0.1, 0.15) is 19.3 Å². The van der Waals surface area contributed by atoms with Crippen LogP contribution < -0.4 is 15.5 Å². The molecule has 0 saturated carbocycles. The Kier molecular flexibility index (Phi) is 7.03. The fourth-order valence-electron chi connectivity index (χ4n) is 3.57. The number of pyridine rings is 1. The van der Waals surface area contributed by atoms with Gasteiger partial charge < -0.3 is 15.5 Å². The highest BCUT2D eigenvalue weighted by atomic mass is 32.2. The molecule has 1 amide bonds. The normalized spacial score (nSPS) is 21.3. The van der Waals surface area contributed by atoms with Crippen molar-refractivity contribution in [3.05, 3.63) is 24.4 Å². The predicted octanol–water partition coefficient (Wildman–Crippen LogP) is 0.0393. The number of hydrogen-bond acceptors (Lipinski definition) is 6. The molecule has 0 bridgehead atoms. The first-order valence-electron chi connectivity index (χ1n) is 9.66. The van der Waals surface area contributed by atoms with Crippen molar-refractivity contribution in [2.75, 3.05) is 56.5 Å². The second-order valence-corrected chi connectivity index (χ2v) is 9.23. The summed E-state index contributed by atoms with van der Waals surface area (Å²) in [6, 6.07) is 5.72. The van der Waals surface area contributed by atoms with Crippen LogP contribution >= 0.6 is 0 Å². The van der Waals surface area contributed by atoms with Crippen molar-refractivity contribution in [2.45, 2.75) is 19.3 Å². The molecule has 1 aromatic rings. The van der Waals surface area contributed by atoms with Gasteiger partial charge in [-0.25, -0.2) is 13.4 Å². The number of anilines is 1. The molecule has 2 aliphatic heterocycles. The Bertz CT molecular complexity index is 699. The molecule has 2 saturated heterocycles. The van der Waals surface area contributed by atoms with Crippen molar-refractivity contribution in [3.63, 3.8) is 0 Å². The van der Waals surface area contributed by atoms with Crippen LogP contribution in [0.3, 0.4) is 0 Å². The number of sulfonamides is 1. The Labute approximate surface area is 161 Å². The van der Waals surface area contributed by atoms with E-state index in [4.69, 9.17) is 0 Å². The summed E-state index contributed by atoms with van der Waals surface area (Å²) in [5.74, 6) is 1.33. The van der Waals surface area contributed by atoms with E-state index < -0.39 is 10.0 Å². The second-order valence-electron chi connectivity index (χ2n) is 7.14. The van der Waals surface area contributed by atoms with E-state index in [-0.39, 0.29) is 18.2 Å². The molecule has 2 N–H and O–H groups in total. The van der Waals surface area contributed by atoms with Gasteiger partial charge >= 0.3 is 0 Å². The molecule has 27 heavy (non-hydrogen) atoms. The van der Waals surface area contributed by atoms with E-state index in [0.29, 0.717) is 38.5 Å². The molecule has 8 nitrogen and oxygen atoms in total. The fraction of sp³-hybridized carbons (Fsp3) is 0.667. The largest absolute Gasteiger partial charge is 0.355 e. The van der Waals surface area contributed by atoms with Gasteiger partial charge in [0.25, 0.3) is 0 Å². The number of nitrogens with zero attached hydrogens (tertiary/aromatic N) is 3. The van der Waals surface area contributed by atoms with Gasteiger partial charge in [-0.2, -0.15) is 4.31 Å². The highest BCUT2D eigenvalue weighted by molar-refractivity contribution is 7.89. The Balaban J connectivity index is 1.36. The zero-order valence-corrected chi connectivity index (χ0v) is 16.5. The number of carbonyl (C=O) groups excluding carboxylic acids is 1. The zero-order valence-electron chi connectivity index (χ0n) is 15.6. The second kappa shape index (κ2) is 9.48. The summed E-state index contributed by atoms with van der Waals surface area (Å²) in [4.78, 5) is 18.3. The van der Waals surface area contributed by atoms with E-state index in [2.05, 4.69) is 20.5 Å². The molecule has 1 unspecified atom stereocenters. The average molecular weight is 396 g/mol. The van der Waals surface area contributed by atoms with Crippen LogP contribution in [-0.2, 0) is 14.8 Å². The molecule has 3 heterocycles. The predicted molar refractivity (Wildman–Crippen MR) is 105 cm³/mol. The van der Waals surface area contributed by atoms with E-state index in [0.717, 1.165) is 31.7 Å². The molecule has 0 spiro atoms. The molecule has 0 aliphatic carbocycles. The lowest BCUT2D eigenvalue weighted by atomic mass is 10.0. The number of amides is 1. The molecule has 150 valence electrons. The molecule has 2 fully saturated rings. The van der Waals surface area contributed by atoms with E-state index in [1.54, 1.807) is 6.20 Å². The van der Waals surface area contributed by atoms with Crippen molar-refractivity contribution < 1.29 is 13.2 Å². The van der Waals surface area contributed by atoms with E-state index in [1.165, 1.54) is 4.31 Å². The smallest absolute Gasteiger partial charge is 0.220 e. The number of hydrogen-bond donors (Lipinski definition) is 2. The summed E-state index contributed by atoms with van der Waals surface area (Å²) in [6.45, 7) is 4.31. The van der Waals surface area contributed by atoms with Crippen molar-refractivity contribution in [3.8, 4) is 0 Å². The van der Waals surface area contributed by atoms with Crippen molar-refractivity contribution >= 4 is 21.7 Å². The fourth-order valence-corrected chi connectivity index (χ4v) is 4.91. The first-order chi connectivity index (χ1) is 13.0. The maximum absolute atomic E-state index is 12.5. The van der Waals surface area contributed by atoms with E-state index >= 15 is 0 Å². The first kappa shape index (κ1) is 20.0. The Morgan fingerprint density at radius 1 is 1.26 bits per heavy atom. The maximum Gasteiger partial charge on any atom is 0.220 e. The number of carbonyl (C=O) groups is 1. The molecular weight excluding hydrogens is 366 g/mol. The van der Waals surface area contributed by atoms with Crippen LogP contribution in [0.15, 0.2) is 24.4 Å². The van der Waals surface area contributed by atoms with Crippen LogP contribution in [0.25, 0.3) is 0 Å². The molecule has 3 rings (SSSR count). The van der Waals surface area contributed by atoms with Gasteiger partial charge in [-0.05, 0) is 44.0 Å². The minimum absolute atomic E-state index is 0.0483. The molecule has 1 atom stereocenters. The third-order valence-corrected chi connectivity index (χ3v) is 7.10. The van der Waals surface area contributed by atoms with Crippen molar-refractivity contribution in [1.29, 1.82) is 0 Å². The van der Waals surface area contributed by atoms with Crippen LogP contribution in [0.4, 0.5) is 5.82 Å². The SMILES string of the molecule is O=C(CCC1CCNC1)NCCS(=O)(=O)N1CCN(c2ccccn2)CC1. The third kappa shape index (κ3) is 5.88. The molecule has 9 heteroatoms. The summed E-state index contributed by atoms with van der Waals surface area (Å²) >= 11 is 0. The monoisotopic (exact) mass is 395 g/mol. The molecule has 0 aromatic carbocycles.